The SMILES string of the molecule is CNC(c1cccc2ccccc12)C1(CO)CCC1. The third-order valence-corrected chi connectivity index (χ3v) is 4.70. The van der Waals surface area contributed by atoms with E-state index in [1.165, 1.54) is 22.8 Å². The van der Waals surface area contributed by atoms with Crippen LogP contribution in [0.5, 0.6) is 0 Å². The van der Waals surface area contributed by atoms with Gasteiger partial charge in [0.2, 0.25) is 0 Å². The highest BCUT2D eigenvalue weighted by Gasteiger charge is 2.44. The average molecular weight is 255 g/mol. The molecule has 2 aromatic rings. The van der Waals surface area contributed by atoms with Gasteiger partial charge in [0, 0.05) is 11.5 Å². The lowest BCUT2D eigenvalue weighted by molar-refractivity contribution is 0.00830. The molecule has 1 atom stereocenters. The molecular weight excluding hydrogens is 234 g/mol. The highest BCUT2D eigenvalue weighted by atomic mass is 16.3. The number of aliphatic hydroxyl groups is 1. The van der Waals surface area contributed by atoms with Gasteiger partial charge < -0.3 is 10.4 Å². The van der Waals surface area contributed by atoms with Gasteiger partial charge in [-0.15, -0.1) is 0 Å². The van der Waals surface area contributed by atoms with Crippen LogP contribution in [0.4, 0.5) is 0 Å². The van der Waals surface area contributed by atoms with Crippen LogP contribution in [0.15, 0.2) is 42.5 Å². The molecule has 19 heavy (non-hydrogen) atoms. The lowest BCUT2D eigenvalue weighted by Gasteiger charge is -2.47. The highest BCUT2D eigenvalue weighted by Crippen LogP contribution is 2.50. The average Bonchev–Trinajstić information content (AvgIpc) is 2.42. The summed E-state index contributed by atoms with van der Waals surface area (Å²) >= 11 is 0. The first-order valence-corrected chi connectivity index (χ1v) is 7.06. The smallest absolute Gasteiger partial charge is 0.0505 e. The van der Waals surface area contributed by atoms with Crippen molar-refractivity contribution in [2.45, 2.75) is 25.3 Å². The number of rotatable bonds is 4. The molecule has 2 N–H and O–H groups in total. The fourth-order valence-electron chi connectivity index (χ4n) is 3.46. The molecule has 1 fully saturated rings. The van der Waals surface area contributed by atoms with Crippen molar-refractivity contribution in [2.75, 3.05) is 13.7 Å². The summed E-state index contributed by atoms with van der Waals surface area (Å²) in [7, 11) is 2.00. The van der Waals surface area contributed by atoms with E-state index in [-0.39, 0.29) is 18.1 Å². The van der Waals surface area contributed by atoms with Crippen LogP contribution in [-0.4, -0.2) is 18.8 Å². The van der Waals surface area contributed by atoms with E-state index >= 15 is 0 Å². The number of fused-ring (bicyclic) bond motifs is 1. The zero-order chi connectivity index (χ0) is 13.3. The molecule has 100 valence electrons. The molecule has 3 rings (SSSR count). The number of hydrogen-bond acceptors (Lipinski definition) is 2. The van der Waals surface area contributed by atoms with E-state index in [1.807, 2.05) is 7.05 Å². The predicted octanol–water partition coefficient (Wildman–Crippen LogP) is 3.26. The van der Waals surface area contributed by atoms with Crippen LogP contribution in [0, 0.1) is 5.41 Å². The Bertz CT molecular complexity index is 563. The zero-order valence-electron chi connectivity index (χ0n) is 11.4. The predicted molar refractivity (Wildman–Crippen MR) is 79.1 cm³/mol. The molecule has 1 aliphatic carbocycles. The largest absolute Gasteiger partial charge is 0.396 e. The lowest BCUT2D eigenvalue weighted by Crippen LogP contribution is -2.44. The first-order chi connectivity index (χ1) is 9.30. The third-order valence-electron chi connectivity index (χ3n) is 4.70. The molecule has 2 heteroatoms. The molecule has 2 nitrogen and oxygen atoms in total. The second-order valence-corrected chi connectivity index (χ2v) is 5.66. The molecule has 1 aliphatic rings. The number of nitrogens with one attached hydrogen (secondary N) is 1. The van der Waals surface area contributed by atoms with E-state index in [9.17, 15) is 5.11 Å². The quantitative estimate of drug-likeness (QED) is 0.879. The Kier molecular flexibility index (Phi) is 3.29. The fraction of sp³-hybridized carbons (Fsp3) is 0.412. The fourth-order valence-corrected chi connectivity index (χ4v) is 3.46. The minimum atomic E-state index is 0.0267. The van der Waals surface area contributed by atoms with Crippen LogP contribution < -0.4 is 5.32 Å². The van der Waals surface area contributed by atoms with Crippen molar-refractivity contribution in [2.24, 2.45) is 5.41 Å². The van der Waals surface area contributed by atoms with Crippen molar-refractivity contribution >= 4 is 10.8 Å². The Balaban J connectivity index is 2.11. The van der Waals surface area contributed by atoms with Crippen molar-refractivity contribution in [3.63, 3.8) is 0 Å². The summed E-state index contributed by atoms with van der Waals surface area (Å²) in [6.07, 6.45) is 3.44. The minimum Gasteiger partial charge on any atom is -0.396 e. The molecule has 1 saturated carbocycles. The van der Waals surface area contributed by atoms with Gasteiger partial charge in [-0.25, -0.2) is 0 Å². The molecule has 0 radical (unpaired) electrons. The maximum absolute atomic E-state index is 9.83. The van der Waals surface area contributed by atoms with Crippen molar-refractivity contribution in [1.82, 2.24) is 5.32 Å². The summed E-state index contributed by atoms with van der Waals surface area (Å²) in [6.45, 7) is 0.266. The van der Waals surface area contributed by atoms with Crippen molar-refractivity contribution in [3.05, 3.63) is 48.0 Å². The van der Waals surface area contributed by atoms with Crippen LogP contribution in [0.3, 0.4) is 0 Å². The first kappa shape index (κ1) is 12.6. The van der Waals surface area contributed by atoms with Crippen molar-refractivity contribution in [3.8, 4) is 0 Å². The summed E-state index contributed by atoms with van der Waals surface area (Å²) < 4.78 is 0. The zero-order valence-corrected chi connectivity index (χ0v) is 11.4. The highest BCUT2D eigenvalue weighted by molar-refractivity contribution is 5.86. The van der Waals surface area contributed by atoms with Gasteiger partial charge in [0.15, 0.2) is 0 Å². The third kappa shape index (κ3) is 1.96. The van der Waals surface area contributed by atoms with E-state index in [4.69, 9.17) is 0 Å². The number of benzene rings is 2. The van der Waals surface area contributed by atoms with Crippen molar-refractivity contribution < 1.29 is 5.11 Å². The standard InChI is InChI=1S/C17H21NO/c1-18-16(17(12-19)10-5-11-17)15-9-4-7-13-6-2-3-8-14(13)15/h2-4,6-9,16,18-19H,5,10-12H2,1H3. The summed E-state index contributed by atoms with van der Waals surface area (Å²) in [6, 6.07) is 15.2. The monoisotopic (exact) mass is 255 g/mol. The van der Waals surface area contributed by atoms with E-state index in [0.717, 1.165) is 12.8 Å². The molecule has 0 amide bonds. The second kappa shape index (κ2) is 4.95. The molecule has 0 heterocycles. The summed E-state index contributed by atoms with van der Waals surface area (Å²) in [5.74, 6) is 0. The van der Waals surface area contributed by atoms with Crippen molar-refractivity contribution in [1.29, 1.82) is 0 Å². The minimum absolute atomic E-state index is 0.0267. The number of aliphatic hydroxyl groups excluding tert-OH is 1. The van der Waals surface area contributed by atoms with Crippen LogP contribution in [0.1, 0.15) is 30.9 Å². The van der Waals surface area contributed by atoms with Gasteiger partial charge in [0.1, 0.15) is 0 Å². The lowest BCUT2D eigenvalue weighted by atomic mass is 9.62. The second-order valence-electron chi connectivity index (χ2n) is 5.66. The van der Waals surface area contributed by atoms with E-state index in [0.29, 0.717) is 0 Å². The summed E-state index contributed by atoms with van der Waals surface area (Å²) in [5.41, 5.74) is 1.34. The summed E-state index contributed by atoms with van der Waals surface area (Å²) in [4.78, 5) is 0. The maximum atomic E-state index is 9.83. The Morgan fingerprint density at radius 2 is 1.89 bits per heavy atom. The Labute approximate surface area is 114 Å². The normalized spacial score (nSPS) is 19.1. The Morgan fingerprint density at radius 1 is 1.16 bits per heavy atom. The van der Waals surface area contributed by atoms with Crippen LogP contribution in [-0.2, 0) is 0 Å². The van der Waals surface area contributed by atoms with E-state index in [1.54, 1.807) is 0 Å². The van der Waals surface area contributed by atoms with E-state index < -0.39 is 0 Å². The summed E-state index contributed by atoms with van der Waals surface area (Å²) in [5, 5.41) is 15.8. The van der Waals surface area contributed by atoms with Gasteiger partial charge in [-0.1, -0.05) is 48.9 Å². The molecule has 2 aromatic carbocycles. The Morgan fingerprint density at radius 3 is 2.53 bits per heavy atom. The molecule has 1 unspecified atom stereocenters. The first-order valence-electron chi connectivity index (χ1n) is 7.06. The van der Waals surface area contributed by atoms with E-state index in [2.05, 4.69) is 47.8 Å². The molecule has 0 bridgehead atoms. The molecular formula is C17H21NO. The van der Waals surface area contributed by atoms with Gasteiger partial charge in [-0.05, 0) is 36.2 Å². The van der Waals surface area contributed by atoms with Gasteiger partial charge in [0.05, 0.1) is 6.61 Å². The van der Waals surface area contributed by atoms with Crippen LogP contribution >= 0.6 is 0 Å². The topological polar surface area (TPSA) is 32.3 Å². The van der Waals surface area contributed by atoms with Gasteiger partial charge in [0.25, 0.3) is 0 Å². The molecule has 0 saturated heterocycles. The van der Waals surface area contributed by atoms with Gasteiger partial charge in [-0.3, -0.25) is 0 Å². The molecule has 0 aliphatic heterocycles. The van der Waals surface area contributed by atoms with Gasteiger partial charge >= 0.3 is 0 Å². The van der Waals surface area contributed by atoms with Crippen LogP contribution in [0.2, 0.25) is 0 Å². The van der Waals surface area contributed by atoms with Crippen LogP contribution in [0.25, 0.3) is 10.8 Å². The Hall–Kier alpha value is -1.38. The molecule has 0 aromatic heterocycles. The number of hydrogen-bond donors (Lipinski definition) is 2. The van der Waals surface area contributed by atoms with Gasteiger partial charge in [-0.2, -0.15) is 0 Å². The maximum Gasteiger partial charge on any atom is 0.0505 e. The molecule has 0 spiro atoms.